The zero-order valence-corrected chi connectivity index (χ0v) is 11.0. The highest BCUT2D eigenvalue weighted by molar-refractivity contribution is 6.01. The number of anilines is 1. The van der Waals surface area contributed by atoms with Crippen molar-refractivity contribution < 1.29 is 9.53 Å². The number of carbonyl (C=O) groups excluding carboxylic acids is 1. The van der Waals surface area contributed by atoms with Gasteiger partial charge in [-0.1, -0.05) is 13.8 Å². The van der Waals surface area contributed by atoms with Crippen LogP contribution in [-0.4, -0.2) is 31.5 Å². The lowest BCUT2D eigenvalue weighted by Crippen LogP contribution is -2.36. The summed E-state index contributed by atoms with van der Waals surface area (Å²) in [4.78, 5) is 12.3. The van der Waals surface area contributed by atoms with E-state index in [1.165, 1.54) is 0 Å². The van der Waals surface area contributed by atoms with Crippen LogP contribution in [0.5, 0.6) is 5.75 Å². The van der Waals surface area contributed by atoms with Crippen molar-refractivity contribution in [2.24, 2.45) is 0 Å². The van der Waals surface area contributed by atoms with Crippen molar-refractivity contribution in [3.8, 4) is 5.75 Å². The lowest BCUT2D eigenvalue weighted by molar-refractivity contribution is 0.0941. The Labute approximate surface area is 108 Å². The fourth-order valence-electron chi connectivity index (χ4n) is 2.16. The number of Topliss-reactive ketones (excluding diaryl/α,β-unsaturated/α-hetero) is 1. The second-order valence-electron chi connectivity index (χ2n) is 4.37. The highest BCUT2D eigenvalue weighted by Crippen LogP contribution is 2.28. The zero-order valence-electron chi connectivity index (χ0n) is 11.0. The molecule has 0 bridgehead atoms. The SMILES string of the molecule is CCNC(CC)C(=O)c1ccc2c(c1)NCCO2. The minimum absolute atomic E-state index is 0.0995. The first-order chi connectivity index (χ1) is 8.76. The van der Waals surface area contributed by atoms with Crippen molar-refractivity contribution in [1.82, 2.24) is 5.32 Å². The first-order valence-electron chi connectivity index (χ1n) is 6.54. The number of benzene rings is 1. The first kappa shape index (κ1) is 12.9. The van der Waals surface area contributed by atoms with Gasteiger partial charge in [0.25, 0.3) is 0 Å². The summed E-state index contributed by atoms with van der Waals surface area (Å²) in [5.74, 6) is 0.976. The van der Waals surface area contributed by atoms with Crippen molar-refractivity contribution in [3.63, 3.8) is 0 Å². The van der Waals surface area contributed by atoms with E-state index in [0.29, 0.717) is 6.61 Å². The number of carbonyl (C=O) groups is 1. The molecule has 0 aromatic heterocycles. The number of hydrogen-bond acceptors (Lipinski definition) is 4. The van der Waals surface area contributed by atoms with Crippen LogP contribution in [0.25, 0.3) is 0 Å². The van der Waals surface area contributed by atoms with E-state index in [1.54, 1.807) is 0 Å². The van der Waals surface area contributed by atoms with Gasteiger partial charge in [-0.25, -0.2) is 0 Å². The van der Waals surface area contributed by atoms with Crippen LogP contribution in [0.15, 0.2) is 18.2 Å². The van der Waals surface area contributed by atoms with E-state index in [2.05, 4.69) is 10.6 Å². The number of ketones is 1. The van der Waals surface area contributed by atoms with Crippen LogP contribution in [0.2, 0.25) is 0 Å². The quantitative estimate of drug-likeness (QED) is 0.783. The number of hydrogen-bond donors (Lipinski definition) is 2. The van der Waals surface area contributed by atoms with Crippen molar-refractivity contribution in [2.75, 3.05) is 25.0 Å². The van der Waals surface area contributed by atoms with Gasteiger partial charge in [-0.2, -0.15) is 0 Å². The molecule has 1 aliphatic rings. The maximum Gasteiger partial charge on any atom is 0.179 e. The van der Waals surface area contributed by atoms with Gasteiger partial charge in [-0.15, -0.1) is 0 Å². The summed E-state index contributed by atoms with van der Waals surface area (Å²) in [6, 6.07) is 5.50. The zero-order chi connectivity index (χ0) is 13.0. The summed E-state index contributed by atoms with van der Waals surface area (Å²) < 4.78 is 5.50. The first-order valence-corrected chi connectivity index (χ1v) is 6.54. The Morgan fingerprint density at radius 3 is 3.06 bits per heavy atom. The summed E-state index contributed by atoms with van der Waals surface area (Å²) in [6.07, 6.45) is 0.799. The molecule has 0 aliphatic carbocycles. The maximum atomic E-state index is 12.3. The molecule has 2 rings (SSSR count). The third-order valence-corrected chi connectivity index (χ3v) is 3.11. The molecular weight excluding hydrogens is 228 g/mol. The summed E-state index contributed by atoms with van der Waals surface area (Å²) >= 11 is 0. The Hall–Kier alpha value is -1.55. The number of nitrogens with one attached hydrogen (secondary N) is 2. The van der Waals surface area contributed by atoms with Gasteiger partial charge in [-0.05, 0) is 31.2 Å². The van der Waals surface area contributed by atoms with E-state index >= 15 is 0 Å². The van der Waals surface area contributed by atoms with Crippen LogP contribution in [0.4, 0.5) is 5.69 Å². The molecule has 0 saturated carbocycles. The summed E-state index contributed by atoms with van der Waals surface area (Å²) in [5.41, 5.74) is 1.65. The average molecular weight is 248 g/mol. The van der Waals surface area contributed by atoms with Gasteiger partial charge in [0.15, 0.2) is 5.78 Å². The van der Waals surface area contributed by atoms with Crippen LogP contribution < -0.4 is 15.4 Å². The minimum atomic E-state index is -0.0995. The van der Waals surface area contributed by atoms with E-state index in [0.717, 1.165) is 36.5 Å². The number of rotatable bonds is 5. The van der Waals surface area contributed by atoms with Gasteiger partial charge in [0, 0.05) is 12.1 Å². The highest BCUT2D eigenvalue weighted by atomic mass is 16.5. The molecule has 0 amide bonds. The number of likely N-dealkylation sites (N-methyl/N-ethyl adjacent to an activating group) is 1. The monoisotopic (exact) mass is 248 g/mol. The molecule has 1 atom stereocenters. The molecule has 1 unspecified atom stereocenters. The predicted molar refractivity (Wildman–Crippen MR) is 72.5 cm³/mol. The third kappa shape index (κ3) is 2.64. The standard InChI is InChI=1S/C14H20N2O2/c1-3-11(15-4-2)14(17)10-5-6-13-12(9-10)16-7-8-18-13/h5-6,9,11,15-16H,3-4,7-8H2,1-2H3. The molecule has 1 aromatic carbocycles. The van der Waals surface area contributed by atoms with Crippen LogP contribution >= 0.6 is 0 Å². The molecular formula is C14H20N2O2. The van der Waals surface area contributed by atoms with Gasteiger partial charge in [-0.3, -0.25) is 4.79 Å². The molecule has 4 heteroatoms. The Kier molecular flexibility index (Phi) is 4.20. The van der Waals surface area contributed by atoms with Crippen LogP contribution in [0, 0.1) is 0 Å². The fourth-order valence-corrected chi connectivity index (χ4v) is 2.16. The van der Waals surface area contributed by atoms with E-state index in [-0.39, 0.29) is 11.8 Å². The van der Waals surface area contributed by atoms with E-state index in [9.17, 15) is 4.79 Å². The summed E-state index contributed by atoms with van der Waals surface area (Å²) in [5, 5.41) is 6.46. The predicted octanol–water partition coefficient (Wildman–Crippen LogP) is 2.06. The molecule has 0 saturated heterocycles. The van der Waals surface area contributed by atoms with Crippen LogP contribution in [0.3, 0.4) is 0 Å². The van der Waals surface area contributed by atoms with Gasteiger partial charge in [0.2, 0.25) is 0 Å². The molecule has 4 nitrogen and oxygen atoms in total. The van der Waals surface area contributed by atoms with Crippen LogP contribution in [0.1, 0.15) is 30.6 Å². The molecule has 1 aliphatic heterocycles. The molecule has 0 fully saturated rings. The number of fused-ring (bicyclic) bond motifs is 1. The highest BCUT2D eigenvalue weighted by Gasteiger charge is 2.19. The van der Waals surface area contributed by atoms with Crippen LogP contribution in [-0.2, 0) is 0 Å². The van der Waals surface area contributed by atoms with E-state index < -0.39 is 0 Å². The largest absolute Gasteiger partial charge is 0.490 e. The summed E-state index contributed by atoms with van der Waals surface area (Å²) in [7, 11) is 0. The van der Waals surface area contributed by atoms with Gasteiger partial charge < -0.3 is 15.4 Å². The van der Waals surface area contributed by atoms with E-state index in [4.69, 9.17) is 4.74 Å². The second-order valence-corrected chi connectivity index (χ2v) is 4.37. The Morgan fingerprint density at radius 2 is 2.33 bits per heavy atom. The van der Waals surface area contributed by atoms with Gasteiger partial charge in [0.05, 0.1) is 11.7 Å². The average Bonchev–Trinajstić information content (AvgIpc) is 2.43. The van der Waals surface area contributed by atoms with Gasteiger partial charge >= 0.3 is 0 Å². The fraction of sp³-hybridized carbons (Fsp3) is 0.500. The lowest BCUT2D eigenvalue weighted by Gasteiger charge is -2.20. The Morgan fingerprint density at radius 1 is 1.50 bits per heavy atom. The van der Waals surface area contributed by atoms with E-state index in [1.807, 2.05) is 32.0 Å². The van der Waals surface area contributed by atoms with Crippen molar-refractivity contribution >= 4 is 11.5 Å². The normalized spacial score (nSPS) is 15.2. The molecule has 1 heterocycles. The lowest BCUT2D eigenvalue weighted by atomic mass is 10.0. The molecule has 0 spiro atoms. The second kappa shape index (κ2) is 5.87. The van der Waals surface area contributed by atoms with Crippen molar-refractivity contribution in [1.29, 1.82) is 0 Å². The van der Waals surface area contributed by atoms with Crippen molar-refractivity contribution in [2.45, 2.75) is 26.3 Å². The number of ether oxygens (including phenoxy) is 1. The maximum absolute atomic E-state index is 12.3. The topological polar surface area (TPSA) is 50.4 Å². The molecule has 18 heavy (non-hydrogen) atoms. The Bertz CT molecular complexity index is 432. The third-order valence-electron chi connectivity index (χ3n) is 3.11. The molecule has 0 radical (unpaired) electrons. The van der Waals surface area contributed by atoms with Gasteiger partial charge in [0.1, 0.15) is 12.4 Å². The molecule has 1 aromatic rings. The molecule has 98 valence electrons. The smallest absolute Gasteiger partial charge is 0.179 e. The minimum Gasteiger partial charge on any atom is -0.490 e. The molecule has 2 N–H and O–H groups in total. The van der Waals surface area contributed by atoms with Crippen molar-refractivity contribution in [3.05, 3.63) is 23.8 Å². The Balaban J connectivity index is 2.19. The summed E-state index contributed by atoms with van der Waals surface area (Å²) in [6.45, 7) is 6.30.